The Balaban J connectivity index is 2.87. The molecule has 0 atom stereocenters. The van der Waals surface area contributed by atoms with E-state index in [9.17, 15) is 5.21 Å². The molecule has 0 aliphatic heterocycles. The van der Waals surface area contributed by atoms with Gasteiger partial charge in [-0.1, -0.05) is 0 Å². The van der Waals surface area contributed by atoms with Crippen LogP contribution in [0.1, 0.15) is 0 Å². The summed E-state index contributed by atoms with van der Waals surface area (Å²) in [4.78, 5) is 4.14. The van der Waals surface area contributed by atoms with Gasteiger partial charge < -0.3 is 5.21 Å². The van der Waals surface area contributed by atoms with Gasteiger partial charge in [0.25, 0.3) is 0 Å². The van der Waals surface area contributed by atoms with E-state index in [0.29, 0.717) is 16.1 Å². The average Bonchev–Trinajstić information content (AvgIpc) is 2.33. The number of rotatable bonds is 0. The van der Waals surface area contributed by atoms with Gasteiger partial charge in [-0.2, -0.15) is 0 Å². The molecule has 0 N–H and O–H groups in total. The largest absolute Gasteiger partial charge is 0.359 e. The van der Waals surface area contributed by atoms with E-state index in [4.69, 9.17) is 0 Å². The van der Waals surface area contributed by atoms with Crippen LogP contribution in [-0.2, 0) is 0 Å². The maximum absolute atomic E-state index is 10.8. The molecule has 0 spiro atoms. The Labute approximate surface area is 69.3 Å². The summed E-state index contributed by atoms with van der Waals surface area (Å²) < 4.78 is 5.02. The van der Waals surface area contributed by atoms with Crippen LogP contribution >= 0.6 is 15.9 Å². The van der Waals surface area contributed by atoms with Gasteiger partial charge in [-0.05, 0) is 20.8 Å². The fourth-order valence-electron chi connectivity index (χ4n) is 0.746. The smallest absolute Gasteiger partial charge is 0.340 e. The zero-order valence-corrected chi connectivity index (χ0v) is 6.78. The van der Waals surface area contributed by atoms with Crippen molar-refractivity contribution in [3.63, 3.8) is 0 Å². The second-order valence-corrected chi connectivity index (χ2v) is 2.84. The van der Waals surface area contributed by atoms with Crippen molar-refractivity contribution in [1.29, 1.82) is 0 Å². The molecule has 11 heavy (non-hydrogen) atoms. The molecule has 56 valence electrons. The molecular weight excluding hydrogens is 214 g/mol. The molecule has 0 bridgehead atoms. The van der Waals surface area contributed by atoms with E-state index in [-0.39, 0.29) is 0 Å². The summed E-state index contributed by atoms with van der Waals surface area (Å²) in [6.07, 6.45) is 1.55. The quantitative estimate of drug-likeness (QED) is 0.605. The Morgan fingerprint density at radius 1 is 1.64 bits per heavy atom. The van der Waals surface area contributed by atoms with Crippen LogP contribution in [0, 0.1) is 5.21 Å². The summed E-state index contributed by atoms with van der Waals surface area (Å²) in [6, 6.07) is 1.59. The van der Waals surface area contributed by atoms with Gasteiger partial charge in [0.05, 0.1) is 5.16 Å². The third-order valence-electron chi connectivity index (χ3n) is 1.21. The van der Waals surface area contributed by atoms with Crippen LogP contribution in [0.25, 0.3) is 11.2 Å². The van der Waals surface area contributed by atoms with Crippen LogP contribution in [0.3, 0.4) is 0 Å². The first-order chi connectivity index (χ1) is 5.27. The minimum absolute atomic E-state index is 0.309. The highest BCUT2D eigenvalue weighted by Crippen LogP contribution is 2.11. The molecule has 5 nitrogen and oxygen atoms in total. The third-order valence-corrected chi connectivity index (χ3v) is 1.65. The van der Waals surface area contributed by atoms with Crippen LogP contribution < -0.4 is 4.90 Å². The maximum Gasteiger partial charge on any atom is 0.340 e. The Kier molecular flexibility index (Phi) is 1.28. The van der Waals surface area contributed by atoms with Crippen molar-refractivity contribution in [3.05, 3.63) is 21.9 Å². The predicted octanol–water partition coefficient (Wildman–Crippen LogP) is 0.619. The summed E-state index contributed by atoms with van der Waals surface area (Å²) in [5.74, 6) is 0. The molecule has 0 fully saturated rings. The zero-order valence-electron chi connectivity index (χ0n) is 5.19. The molecule has 2 heterocycles. The van der Waals surface area contributed by atoms with Crippen molar-refractivity contribution >= 4 is 27.1 Å². The fraction of sp³-hybridized carbons (Fsp3) is 0. The summed E-state index contributed by atoms with van der Waals surface area (Å²) in [7, 11) is 0. The monoisotopic (exact) mass is 215 g/mol. The number of halogens is 1. The Morgan fingerprint density at radius 2 is 2.45 bits per heavy atom. The van der Waals surface area contributed by atoms with E-state index in [1.165, 1.54) is 0 Å². The molecule has 0 radical (unpaired) electrons. The first-order valence-electron chi connectivity index (χ1n) is 2.78. The van der Waals surface area contributed by atoms with Gasteiger partial charge in [0.15, 0.2) is 0 Å². The molecule has 0 amide bonds. The predicted molar refractivity (Wildman–Crippen MR) is 38.5 cm³/mol. The summed E-state index contributed by atoms with van der Waals surface area (Å²) in [5, 5.41) is 14.2. The maximum atomic E-state index is 10.8. The van der Waals surface area contributed by atoms with E-state index >= 15 is 0 Å². The number of nitrogens with zero attached hydrogens (tertiary/aromatic N) is 3. The Bertz CT molecular complexity index is 400. The van der Waals surface area contributed by atoms with E-state index in [1.807, 2.05) is 0 Å². The molecule has 0 unspecified atom stereocenters. The highest BCUT2D eigenvalue weighted by atomic mass is 79.9. The number of fused-ring (bicyclic) bond motifs is 1. The Morgan fingerprint density at radius 3 is 3.27 bits per heavy atom. The Hall–Kier alpha value is -1.17. The van der Waals surface area contributed by atoms with Crippen molar-refractivity contribution < 1.29 is 9.53 Å². The minimum atomic E-state index is 0.309. The van der Waals surface area contributed by atoms with E-state index in [0.717, 1.165) is 4.47 Å². The lowest BCUT2D eigenvalue weighted by Gasteiger charge is -1.85. The van der Waals surface area contributed by atoms with Crippen molar-refractivity contribution in [2.75, 3.05) is 0 Å². The van der Waals surface area contributed by atoms with Gasteiger partial charge in [-0.3, -0.25) is 4.63 Å². The van der Waals surface area contributed by atoms with Crippen molar-refractivity contribution in [3.8, 4) is 0 Å². The van der Waals surface area contributed by atoms with Crippen LogP contribution in [0.5, 0.6) is 0 Å². The molecule has 2 rings (SSSR count). The highest BCUT2D eigenvalue weighted by molar-refractivity contribution is 9.10. The third kappa shape index (κ3) is 0.949. The molecule has 0 saturated carbocycles. The second-order valence-electron chi connectivity index (χ2n) is 1.93. The SMILES string of the molecule is [O-][n+]1onc2ncc(Br)cc21. The van der Waals surface area contributed by atoms with Crippen molar-refractivity contribution in [2.24, 2.45) is 0 Å². The van der Waals surface area contributed by atoms with Crippen LogP contribution in [0.4, 0.5) is 0 Å². The zero-order chi connectivity index (χ0) is 7.84. The normalized spacial score (nSPS) is 10.6. The summed E-state index contributed by atoms with van der Waals surface area (Å²) in [5.41, 5.74) is 0.627. The van der Waals surface area contributed by atoms with Gasteiger partial charge >= 0.3 is 5.65 Å². The van der Waals surface area contributed by atoms with Gasteiger partial charge in [0.1, 0.15) is 0 Å². The fourth-order valence-corrected chi connectivity index (χ4v) is 1.07. The molecule has 0 saturated heterocycles. The van der Waals surface area contributed by atoms with Gasteiger partial charge in [0.2, 0.25) is 5.52 Å². The van der Waals surface area contributed by atoms with Gasteiger partial charge in [0, 0.05) is 16.7 Å². The first kappa shape index (κ1) is 6.53. The molecule has 6 heteroatoms. The van der Waals surface area contributed by atoms with E-state index in [1.54, 1.807) is 12.3 Å². The highest BCUT2D eigenvalue weighted by Gasteiger charge is 2.09. The lowest BCUT2D eigenvalue weighted by Crippen LogP contribution is -2.22. The minimum Gasteiger partial charge on any atom is -0.359 e. The van der Waals surface area contributed by atoms with Crippen LogP contribution in [0.2, 0.25) is 0 Å². The van der Waals surface area contributed by atoms with Crippen LogP contribution in [-0.4, -0.2) is 10.1 Å². The molecule has 0 aliphatic rings. The number of aromatic nitrogens is 3. The average molecular weight is 216 g/mol. The standard InChI is InChI=1S/C5H2BrN3O2/c6-3-1-4-5(7-2-3)8-11-9(4)10/h1-2H. The van der Waals surface area contributed by atoms with E-state index in [2.05, 4.69) is 30.7 Å². The number of hydrogen-bond acceptors (Lipinski definition) is 4. The van der Waals surface area contributed by atoms with Crippen LogP contribution in [0.15, 0.2) is 21.4 Å². The number of hydrogen-bond donors (Lipinski definition) is 0. The molecule has 2 aromatic heterocycles. The second kappa shape index (κ2) is 2.16. The lowest BCUT2D eigenvalue weighted by atomic mass is 10.4. The lowest BCUT2D eigenvalue weighted by molar-refractivity contribution is -0.782. The van der Waals surface area contributed by atoms with E-state index < -0.39 is 0 Å². The molecule has 0 aromatic carbocycles. The first-order valence-corrected chi connectivity index (χ1v) is 3.57. The van der Waals surface area contributed by atoms with Crippen molar-refractivity contribution in [2.45, 2.75) is 0 Å². The topological polar surface area (TPSA) is 65.9 Å². The molecule has 0 aliphatic carbocycles. The molecular formula is C5H2BrN3O2. The van der Waals surface area contributed by atoms with Gasteiger partial charge in [-0.25, -0.2) is 4.98 Å². The summed E-state index contributed by atoms with van der Waals surface area (Å²) in [6.45, 7) is 0. The van der Waals surface area contributed by atoms with Gasteiger partial charge in [-0.15, -0.1) is 0 Å². The summed E-state index contributed by atoms with van der Waals surface area (Å²) >= 11 is 3.17. The van der Waals surface area contributed by atoms with Crippen molar-refractivity contribution in [1.82, 2.24) is 10.1 Å². The molecule has 2 aromatic rings. The number of pyridine rings is 1.